The Hall–Kier alpha value is -1.44. The van der Waals surface area contributed by atoms with E-state index < -0.39 is 0 Å². The second kappa shape index (κ2) is 6.12. The van der Waals surface area contributed by atoms with E-state index in [9.17, 15) is 0 Å². The van der Waals surface area contributed by atoms with Crippen LogP contribution in [0, 0.1) is 0 Å². The fourth-order valence-electron chi connectivity index (χ4n) is 1.42. The highest BCUT2D eigenvalue weighted by Crippen LogP contribution is 2.27. The third-order valence-electron chi connectivity index (χ3n) is 2.30. The molecule has 2 nitrogen and oxygen atoms in total. The van der Waals surface area contributed by atoms with E-state index in [-0.39, 0.29) is 0 Å². The minimum atomic E-state index is 0.768. The molecule has 0 aliphatic carbocycles. The molecule has 1 rings (SSSR count). The summed E-state index contributed by atoms with van der Waals surface area (Å²) in [5.74, 6) is 0.908. The SMILES string of the molecule is C=Cc1c(NC)cccc1OCCCC. The number of anilines is 1. The van der Waals surface area contributed by atoms with Gasteiger partial charge in [-0.1, -0.05) is 32.1 Å². The van der Waals surface area contributed by atoms with Crippen molar-refractivity contribution >= 4 is 11.8 Å². The normalized spacial score (nSPS) is 9.73. The number of hydrogen-bond donors (Lipinski definition) is 1. The Kier molecular flexibility index (Phi) is 4.75. The van der Waals surface area contributed by atoms with Crippen molar-refractivity contribution in [3.05, 3.63) is 30.3 Å². The van der Waals surface area contributed by atoms with Crippen LogP contribution in [0.5, 0.6) is 5.75 Å². The molecular formula is C13H19NO. The average Bonchev–Trinajstić information content (AvgIpc) is 2.29. The van der Waals surface area contributed by atoms with Crippen LogP contribution in [0.25, 0.3) is 6.08 Å². The molecule has 0 heterocycles. The first-order chi connectivity index (χ1) is 7.33. The van der Waals surface area contributed by atoms with Crippen LogP contribution in [0.3, 0.4) is 0 Å². The summed E-state index contributed by atoms with van der Waals surface area (Å²) in [4.78, 5) is 0. The van der Waals surface area contributed by atoms with Gasteiger partial charge >= 0.3 is 0 Å². The van der Waals surface area contributed by atoms with Crippen molar-refractivity contribution in [2.75, 3.05) is 19.0 Å². The highest BCUT2D eigenvalue weighted by molar-refractivity contribution is 5.71. The lowest BCUT2D eigenvalue weighted by Crippen LogP contribution is -2.00. The molecular weight excluding hydrogens is 186 g/mol. The van der Waals surface area contributed by atoms with Gasteiger partial charge in [0.25, 0.3) is 0 Å². The largest absolute Gasteiger partial charge is 0.493 e. The molecule has 0 saturated carbocycles. The number of unbranched alkanes of at least 4 members (excludes halogenated alkanes) is 1. The lowest BCUT2D eigenvalue weighted by atomic mass is 10.1. The number of ether oxygens (including phenoxy) is 1. The van der Waals surface area contributed by atoms with Gasteiger partial charge in [-0.2, -0.15) is 0 Å². The lowest BCUT2D eigenvalue weighted by molar-refractivity contribution is 0.309. The topological polar surface area (TPSA) is 21.3 Å². The smallest absolute Gasteiger partial charge is 0.128 e. The van der Waals surface area contributed by atoms with E-state index in [1.165, 1.54) is 0 Å². The van der Waals surface area contributed by atoms with Crippen LogP contribution in [0.1, 0.15) is 25.3 Å². The van der Waals surface area contributed by atoms with Crippen molar-refractivity contribution in [3.63, 3.8) is 0 Å². The standard InChI is InChI=1S/C13H19NO/c1-4-6-10-15-13-9-7-8-12(14-3)11(13)5-2/h5,7-9,14H,2,4,6,10H2,1,3H3. The first-order valence-electron chi connectivity index (χ1n) is 5.39. The van der Waals surface area contributed by atoms with Crippen LogP contribution in [0.4, 0.5) is 5.69 Å². The summed E-state index contributed by atoms with van der Waals surface area (Å²) < 4.78 is 5.70. The number of hydrogen-bond acceptors (Lipinski definition) is 2. The van der Waals surface area contributed by atoms with Gasteiger partial charge < -0.3 is 10.1 Å². The molecule has 0 radical (unpaired) electrons. The van der Waals surface area contributed by atoms with E-state index in [0.717, 1.165) is 36.4 Å². The molecule has 1 aromatic carbocycles. The van der Waals surface area contributed by atoms with Crippen molar-refractivity contribution < 1.29 is 4.74 Å². The van der Waals surface area contributed by atoms with Crippen LogP contribution >= 0.6 is 0 Å². The Bertz CT molecular complexity index is 320. The molecule has 1 aromatic rings. The third kappa shape index (κ3) is 3.01. The maximum absolute atomic E-state index is 5.70. The van der Waals surface area contributed by atoms with Crippen LogP contribution in [0.15, 0.2) is 24.8 Å². The predicted molar refractivity (Wildman–Crippen MR) is 66.5 cm³/mol. The Labute approximate surface area is 92.0 Å². The Morgan fingerprint density at radius 3 is 2.87 bits per heavy atom. The minimum Gasteiger partial charge on any atom is -0.493 e. The molecule has 0 aliphatic heterocycles. The van der Waals surface area contributed by atoms with Crippen molar-refractivity contribution in [2.45, 2.75) is 19.8 Å². The number of benzene rings is 1. The molecule has 0 saturated heterocycles. The van der Waals surface area contributed by atoms with Crippen molar-refractivity contribution in [1.82, 2.24) is 0 Å². The highest BCUT2D eigenvalue weighted by Gasteiger charge is 2.04. The molecule has 0 amide bonds. The lowest BCUT2D eigenvalue weighted by Gasteiger charge is -2.12. The summed E-state index contributed by atoms with van der Waals surface area (Å²) in [6, 6.07) is 5.98. The second-order valence-corrected chi connectivity index (χ2v) is 3.37. The quantitative estimate of drug-likeness (QED) is 0.717. The maximum Gasteiger partial charge on any atom is 0.128 e. The molecule has 15 heavy (non-hydrogen) atoms. The molecule has 0 aliphatic rings. The third-order valence-corrected chi connectivity index (χ3v) is 2.30. The first-order valence-corrected chi connectivity index (χ1v) is 5.39. The predicted octanol–water partition coefficient (Wildman–Crippen LogP) is 3.55. The summed E-state index contributed by atoms with van der Waals surface area (Å²) in [6.07, 6.45) is 4.06. The molecule has 0 fully saturated rings. The fraction of sp³-hybridized carbons (Fsp3) is 0.385. The molecule has 2 heteroatoms. The Morgan fingerprint density at radius 1 is 1.47 bits per heavy atom. The fourth-order valence-corrected chi connectivity index (χ4v) is 1.42. The monoisotopic (exact) mass is 205 g/mol. The summed E-state index contributed by atoms with van der Waals surface area (Å²) in [6.45, 7) is 6.73. The average molecular weight is 205 g/mol. The van der Waals surface area contributed by atoms with E-state index in [2.05, 4.69) is 18.8 Å². The van der Waals surface area contributed by atoms with Gasteiger partial charge in [-0.05, 0) is 18.6 Å². The van der Waals surface area contributed by atoms with E-state index in [4.69, 9.17) is 4.74 Å². The van der Waals surface area contributed by atoms with E-state index in [1.807, 2.05) is 31.3 Å². The van der Waals surface area contributed by atoms with Crippen LogP contribution in [0.2, 0.25) is 0 Å². The molecule has 1 N–H and O–H groups in total. The molecule has 0 bridgehead atoms. The zero-order valence-corrected chi connectivity index (χ0v) is 9.55. The number of nitrogens with one attached hydrogen (secondary N) is 1. The maximum atomic E-state index is 5.70. The van der Waals surface area contributed by atoms with Gasteiger partial charge in [0.1, 0.15) is 5.75 Å². The first kappa shape index (κ1) is 11.6. The zero-order chi connectivity index (χ0) is 11.1. The summed E-state index contributed by atoms with van der Waals surface area (Å²) in [5, 5.41) is 3.13. The second-order valence-electron chi connectivity index (χ2n) is 3.37. The van der Waals surface area contributed by atoms with Crippen molar-refractivity contribution in [2.24, 2.45) is 0 Å². The van der Waals surface area contributed by atoms with Crippen LogP contribution in [-0.4, -0.2) is 13.7 Å². The molecule has 0 unspecified atom stereocenters. The minimum absolute atomic E-state index is 0.768. The van der Waals surface area contributed by atoms with Crippen molar-refractivity contribution in [1.29, 1.82) is 0 Å². The van der Waals surface area contributed by atoms with E-state index >= 15 is 0 Å². The van der Waals surface area contributed by atoms with Gasteiger partial charge in [-0.25, -0.2) is 0 Å². The Balaban J connectivity index is 2.81. The molecule has 0 atom stereocenters. The molecule has 0 aromatic heterocycles. The highest BCUT2D eigenvalue weighted by atomic mass is 16.5. The van der Waals surface area contributed by atoms with E-state index in [1.54, 1.807) is 0 Å². The molecule has 0 spiro atoms. The van der Waals surface area contributed by atoms with Gasteiger partial charge in [-0.15, -0.1) is 0 Å². The van der Waals surface area contributed by atoms with Gasteiger partial charge in [0.05, 0.1) is 6.61 Å². The van der Waals surface area contributed by atoms with E-state index in [0.29, 0.717) is 0 Å². The van der Waals surface area contributed by atoms with Gasteiger partial charge in [0.2, 0.25) is 0 Å². The van der Waals surface area contributed by atoms with Gasteiger partial charge in [0, 0.05) is 18.3 Å². The summed E-state index contributed by atoms with van der Waals surface area (Å²) in [7, 11) is 1.90. The van der Waals surface area contributed by atoms with Gasteiger partial charge in [-0.3, -0.25) is 0 Å². The number of rotatable bonds is 6. The zero-order valence-electron chi connectivity index (χ0n) is 9.55. The van der Waals surface area contributed by atoms with Crippen molar-refractivity contribution in [3.8, 4) is 5.75 Å². The summed E-state index contributed by atoms with van der Waals surface area (Å²) in [5.41, 5.74) is 2.09. The summed E-state index contributed by atoms with van der Waals surface area (Å²) >= 11 is 0. The van der Waals surface area contributed by atoms with Gasteiger partial charge in [0.15, 0.2) is 0 Å². The molecule has 82 valence electrons. The Morgan fingerprint density at radius 2 is 2.27 bits per heavy atom. The van der Waals surface area contributed by atoms with Crippen LogP contribution < -0.4 is 10.1 Å². The van der Waals surface area contributed by atoms with Crippen LogP contribution in [-0.2, 0) is 0 Å².